The number of ether oxygens (including phenoxy) is 2. The van der Waals surface area contributed by atoms with Gasteiger partial charge in [0.2, 0.25) is 0 Å². The number of aryl methyl sites for hydroxylation is 1. The van der Waals surface area contributed by atoms with Crippen molar-refractivity contribution in [2.24, 2.45) is 4.99 Å². The van der Waals surface area contributed by atoms with Gasteiger partial charge in [0.15, 0.2) is 16.3 Å². The molecule has 4 aromatic rings. The Hall–Kier alpha value is -3.24. The Morgan fingerprint density at radius 2 is 1.90 bits per heavy atom. The molecule has 30 heavy (non-hydrogen) atoms. The van der Waals surface area contributed by atoms with Crippen LogP contribution in [0, 0.1) is 10.1 Å². The number of amides is 1. The van der Waals surface area contributed by atoms with E-state index in [-0.39, 0.29) is 11.6 Å². The Bertz CT molecular complexity index is 1400. The molecule has 2 aromatic carbocycles. The van der Waals surface area contributed by atoms with E-state index in [0.717, 1.165) is 14.9 Å². The summed E-state index contributed by atoms with van der Waals surface area (Å²) in [6, 6.07) is 10.1. The highest BCUT2D eigenvalue weighted by molar-refractivity contribution is 7.21. The van der Waals surface area contributed by atoms with Gasteiger partial charge < -0.3 is 14.0 Å². The Labute approximate surface area is 177 Å². The molecule has 1 amide bonds. The molecule has 0 radical (unpaired) electrons. The molecule has 0 bridgehead atoms. The van der Waals surface area contributed by atoms with Gasteiger partial charge in [0.05, 0.1) is 20.0 Å². The predicted octanol–water partition coefficient (Wildman–Crippen LogP) is 4.36. The number of fused-ring (bicyclic) bond motifs is 3. The predicted molar refractivity (Wildman–Crippen MR) is 115 cm³/mol. The van der Waals surface area contributed by atoms with Crippen molar-refractivity contribution in [3.8, 4) is 11.5 Å². The minimum Gasteiger partial charge on any atom is -0.486 e. The maximum atomic E-state index is 12.9. The summed E-state index contributed by atoms with van der Waals surface area (Å²) >= 11 is 2.69. The molecule has 2 aromatic heterocycles. The number of aromatic nitrogens is 1. The molecule has 0 unspecified atom stereocenters. The van der Waals surface area contributed by atoms with Crippen LogP contribution in [-0.4, -0.2) is 28.6 Å². The number of thiazole rings is 1. The van der Waals surface area contributed by atoms with Gasteiger partial charge in [-0.05, 0) is 19.1 Å². The number of hydrogen-bond acceptors (Lipinski definition) is 7. The van der Waals surface area contributed by atoms with Gasteiger partial charge in [0.1, 0.15) is 13.2 Å². The molecule has 0 aliphatic carbocycles. The molecule has 0 saturated heterocycles. The number of nitro benzene ring substituents is 1. The van der Waals surface area contributed by atoms with Crippen LogP contribution in [0.5, 0.6) is 11.5 Å². The van der Waals surface area contributed by atoms with Crippen LogP contribution in [0.4, 0.5) is 5.69 Å². The number of non-ortho nitro benzene ring substituents is 1. The number of benzene rings is 2. The molecule has 0 spiro atoms. The maximum absolute atomic E-state index is 12.9. The lowest BCUT2D eigenvalue weighted by atomic mass is 10.2. The zero-order valence-electron chi connectivity index (χ0n) is 15.8. The highest BCUT2D eigenvalue weighted by Crippen LogP contribution is 2.35. The number of thiophene rings is 1. The lowest BCUT2D eigenvalue weighted by Crippen LogP contribution is -2.16. The van der Waals surface area contributed by atoms with Crippen LogP contribution in [0.15, 0.2) is 41.4 Å². The van der Waals surface area contributed by atoms with E-state index in [1.807, 2.05) is 23.6 Å². The first-order valence-corrected chi connectivity index (χ1v) is 10.9. The number of nitrogens with zero attached hydrogens (tertiary/aromatic N) is 3. The Kier molecular flexibility index (Phi) is 4.52. The molecule has 0 atom stereocenters. The van der Waals surface area contributed by atoms with Gasteiger partial charge in [-0.2, -0.15) is 4.99 Å². The summed E-state index contributed by atoms with van der Waals surface area (Å²) in [5.41, 5.74) is 0.934. The second kappa shape index (κ2) is 7.22. The molecule has 1 aliphatic heterocycles. The highest BCUT2D eigenvalue weighted by Gasteiger charge is 2.17. The summed E-state index contributed by atoms with van der Waals surface area (Å²) in [5, 5.41) is 11.6. The minimum absolute atomic E-state index is 0.00188. The molecular formula is C20H15N3O5S2. The summed E-state index contributed by atoms with van der Waals surface area (Å²) in [5.74, 6) is 1.02. The topological polar surface area (TPSA) is 96.0 Å². The fourth-order valence-corrected chi connectivity index (χ4v) is 5.42. The standard InChI is InChI=1S/C20H15N3O5S2/c1-2-22-13-9-14-15(28-6-5-27-14)10-17(13)30-20(22)21-19(24)18-8-11-7-12(23(25)26)3-4-16(11)29-18/h3-4,7-10H,2,5-6H2,1H3. The van der Waals surface area contributed by atoms with Crippen molar-refractivity contribution in [2.45, 2.75) is 13.5 Å². The highest BCUT2D eigenvalue weighted by atomic mass is 32.1. The van der Waals surface area contributed by atoms with Gasteiger partial charge in [0.25, 0.3) is 11.6 Å². The average molecular weight is 441 g/mol. The van der Waals surface area contributed by atoms with Gasteiger partial charge in [-0.25, -0.2) is 0 Å². The third-order valence-corrected chi connectivity index (χ3v) is 6.93. The largest absolute Gasteiger partial charge is 0.486 e. The van der Waals surface area contributed by atoms with Gasteiger partial charge in [-0.1, -0.05) is 11.3 Å². The number of carbonyl (C=O) groups excluding carboxylic acids is 1. The number of carbonyl (C=O) groups is 1. The van der Waals surface area contributed by atoms with Crippen molar-refractivity contribution in [2.75, 3.05) is 13.2 Å². The SMILES string of the molecule is CCn1c(=NC(=O)c2cc3cc([N+](=O)[O-])ccc3s2)sc2cc3c(cc21)OCCO3. The first-order chi connectivity index (χ1) is 14.5. The van der Waals surface area contributed by atoms with E-state index in [1.54, 1.807) is 12.1 Å². The van der Waals surface area contributed by atoms with E-state index in [9.17, 15) is 14.9 Å². The van der Waals surface area contributed by atoms with Crippen molar-refractivity contribution in [1.29, 1.82) is 0 Å². The van der Waals surface area contributed by atoms with Crippen molar-refractivity contribution >= 4 is 54.6 Å². The van der Waals surface area contributed by atoms with Gasteiger partial charge in [-0.15, -0.1) is 11.3 Å². The number of rotatable bonds is 3. The normalized spacial score (nSPS) is 13.8. The van der Waals surface area contributed by atoms with Crippen LogP contribution in [0.25, 0.3) is 20.3 Å². The molecular weight excluding hydrogens is 426 g/mol. The van der Waals surface area contributed by atoms with E-state index in [4.69, 9.17) is 9.47 Å². The molecule has 0 saturated carbocycles. The van der Waals surface area contributed by atoms with Gasteiger partial charge in [-0.3, -0.25) is 14.9 Å². The molecule has 10 heteroatoms. The van der Waals surface area contributed by atoms with Gasteiger partial charge >= 0.3 is 0 Å². The summed E-state index contributed by atoms with van der Waals surface area (Å²) in [6.45, 7) is 3.65. The zero-order valence-corrected chi connectivity index (χ0v) is 17.4. The summed E-state index contributed by atoms with van der Waals surface area (Å²) in [6.07, 6.45) is 0. The van der Waals surface area contributed by atoms with E-state index in [1.165, 1.54) is 34.8 Å². The second-order valence-electron chi connectivity index (χ2n) is 6.60. The van der Waals surface area contributed by atoms with Gasteiger partial charge in [0, 0.05) is 40.9 Å². The second-order valence-corrected chi connectivity index (χ2v) is 8.69. The molecule has 8 nitrogen and oxygen atoms in total. The summed E-state index contributed by atoms with van der Waals surface area (Å²) in [4.78, 5) is 28.8. The lowest BCUT2D eigenvalue weighted by Gasteiger charge is -2.18. The fourth-order valence-electron chi connectivity index (χ4n) is 3.39. The smallest absolute Gasteiger partial charge is 0.289 e. The molecule has 5 rings (SSSR count). The van der Waals surface area contributed by atoms with E-state index in [2.05, 4.69) is 4.99 Å². The summed E-state index contributed by atoms with van der Waals surface area (Å²) in [7, 11) is 0. The maximum Gasteiger partial charge on any atom is 0.289 e. The Morgan fingerprint density at radius 3 is 2.63 bits per heavy atom. The van der Waals surface area contributed by atoms with E-state index < -0.39 is 4.92 Å². The molecule has 3 heterocycles. The molecule has 1 aliphatic rings. The van der Waals surface area contributed by atoms with Crippen LogP contribution in [-0.2, 0) is 6.54 Å². The van der Waals surface area contributed by atoms with Crippen molar-refractivity contribution in [3.05, 3.63) is 56.2 Å². The van der Waals surface area contributed by atoms with Crippen LogP contribution < -0.4 is 14.3 Å². The molecule has 152 valence electrons. The monoisotopic (exact) mass is 441 g/mol. The van der Waals surface area contributed by atoms with Crippen LogP contribution >= 0.6 is 22.7 Å². The van der Waals surface area contributed by atoms with E-state index in [0.29, 0.717) is 46.3 Å². The number of hydrogen-bond donors (Lipinski definition) is 0. The Morgan fingerprint density at radius 1 is 1.13 bits per heavy atom. The first-order valence-electron chi connectivity index (χ1n) is 9.23. The van der Waals surface area contributed by atoms with Crippen LogP contribution in [0.1, 0.15) is 16.6 Å². The average Bonchev–Trinajstić information content (AvgIpc) is 3.31. The quantitative estimate of drug-likeness (QED) is 0.348. The molecule has 0 N–H and O–H groups in total. The van der Waals surface area contributed by atoms with Crippen LogP contribution in [0.3, 0.4) is 0 Å². The van der Waals surface area contributed by atoms with Crippen molar-refractivity contribution in [1.82, 2.24) is 4.57 Å². The van der Waals surface area contributed by atoms with Crippen LogP contribution in [0.2, 0.25) is 0 Å². The lowest BCUT2D eigenvalue weighted by molar-refractivity contribution is -0.384. The first kappa shape index (κ1) is 18.8. The van der Waals surface area contributed by atoms with E-state index >= 15 is 0 Å². The third kappa shape index (κ3) is 3.14. The van der Waals surface area contributed by atoms with Crippen molar-refractivity contribution < 1.29 is 19.2 Å². The fraction of sp³-hybridized carbons (Fsp3) is 0.200. The third-order valence-electron chi connectivity index (χ3n) is 4.78. The summed E-state index contributed by atoms with van der Waals surface area (Å²) < 4.78 is 15.1. The Balaban J connectivity index is 1.59. The van der Waals surface area contributed by atoms with Crippen molar-refractivity contribution in [3.63, 3.8) is 0 Å². The molecule has 0 fully saturated rings. The zero-order chi connectivity index (χ0) is 20.8. The minimum atomic E-state index is -0.447. The number of nitro groups is 1.